The molecule has 8 nitrogen and oxygen atoms in total. The molecule has 2 rings (SSSR count). The third-order valence-corrected chi connectivity index (χ3v) is 3.84. The Bertz CT molecular complexity index is 847. The minimum absolute atomic E-state index is 0.0817. The van der Waals surface area contributed by atoms with Crippen molar-refractivity contribution in [1.82, 2.24) is 0 Å². The zero-order chi connectivity index (χ0) is 19.3. The summed E-state index contributed by atoms with van der Waals surface area (Å²) in [6.07, 6.45) is 0. The van der Waals surface area contributed by atoms with Gasteiger partial charge in [-0.1, -0.05) is 0 Å². The molecule has 0 aromatic heterocycles. The summed E-state index contributed by atoms with van der Waals surface area (Å²) in [5.41, 5.74) is 2.65. The van der Waals surface area contributed by atoms with Crippen LogP contribution in [-0.2, 0) is 9.53 Å². The van der Waals surface area contributed by atoms with Gasteiger partial charge in [-0.25, -0.2) is 4.79 Å². The molecule has 1 amide bonds. The van der Waals surface area contributed by atoms with Crippen molar-refractivity contribution in [2.45, 2.75) is 13.8 Å². The van der Waals surface area contributed by atoms with E-state index >= 15 is 0 Å². The molecule has 0 atom stereocenters. The molecule has 0 bridgehead atoms. The number of hydrogen-bond donors (Lipinski definition) is 2. The van der Waals surface area contributed by atoms with Gasteiger partial charge in [0.05, 0.1) is 24.1 Å². The highest BCUT2D eigenvalue weighted by atomic mass is 16.6. The number of hydrogen-bond acceptors (Lipinski definition) is 6. The van der Waals surface area contributed by atoms with Crippen molar-refractivity contribution in [3.63, 3.8) is 0 Å². The van der Waals surface area contributed by atoms with E-state index in [0.717, 1.165) is 11.1 Å². The number of nitrogens with zero attached hydrogens (tertiary/aromatic N) is 1. The summed E-state index contributed by atoms with van der Waals surface area (Å²) in [6.45, 7) is 3.50. The first-order valence-electron chi connectivity index (χ1n) is 7.79. The predicted molar refractivity (Wildman–Crippen MR) is 97.5 cm³/mol. The van der Waals surface area contributed by atoms with Crippen LogP contribution in [0.25, 0.3) is 0 Å². The van der Waals surface area contributed by atoms with Gasteiger partial charge in [-0.05, 0) is 55.3 Å². The van der Waals surface area contributed by atoms with E-state index in [9.17, 15) is 19.7 Å². The smallest absolute Gasteiger partial charge is 0.337 e. The number of aryl methyl sites for hydroxylation is 2. The van der Waals surface area contributed by atoms with Gasteiger partial charge in [0.2, 0.25) is 5.91 Å². The van der Waals surface area contributed by atoms with E-state index in [-0.39, 0.29) is 17.9 Å². The van der Waals surface area contributed by atoms with Crippen molar-refractivity contribution in [1.29, 1.82) is 0 Å². The predicted octanol–water partition coefficient (Wildman–Crippen LogP) is 3.05. The number of nitrogens with one attached hydrogen (secondary N) is 2. The second-order valence-corrected chi connectivity index (χ2v) is 5.68. The first-order valence-corrected chi connectivity index (χ1v) is 7.79. The molecule has 0 saturated carbocycles. The Labute approximate surface area is 150 Å². The lowest BCUT2D eigenvalue weighted by molar-refractivity contribution is -0.384. The Morgan fingerprint density at radius 2 is 1.73 bits per heavy atom. The molecular weight excluding hydrogens is 338 g/mol. The summed E-state index contributed by atoms with van der Waals surface area (Å²) in [7, 11) is 1.30. The lowest BCUT2D eigenvalue weighted by atomic mass is 10.1. The van der Waals surface area contributed by atoms with Crippen molar-refractivity contribution in [2.24, 2.45) is 0 Å². The molecule has 0 heterocycles. The Balaban J connectivity index is 2.02. The number of amides is 1. The zero-order valence-corrected chi connectivity index (χ0v) is 14.7. The fourth-order valence-electron chi connectivity index (χ4n) is 2.27. The summed E-state index contributed by atoms with van der Waals surface area (Å²) in [5, 5.41) is 16.6. The fraction of sp³-hybridized carbons (Fsp3) is 0.222. The van der Waals surface area contributed by atoms with Crippen molar-refractivity contribution in [3.8, 4) is 0 Å². The Hall–Kier alpha value is -3.42. The molecule has 2 aromatic rings. The van der Waals surface area contributed by atoms with E-state index in [1.807, 2.05) is 6.92 Å². The monoisotopic (exact) mass is 357 g/mol. The van der Waals surface area contributed by atoms with Crippen LogP contribution in [0.3, 0.4) is 0 Å². The van der Waals surface area contributed by atoms with Crippen molar-refractivity contribution >= 4 is 28.9 Å². The van der Waals surface area contributed by atoms with Crippen LogP contribution in [0.15, 0.2) is 36.4 Å². The number of methoxy groups -OCH3 is 1. The Morgan fingerprint density at radius 1 is 1.12 bits per heavy atom. The number of anilines is 2. The van der Waals surface area contributed by atoms with Crippen LogP contribution < -0.4 is 10.6 Å². The van der Waals surface area contributed by atoms with E-state index < -0.39 is 16.8 Å². The lowest BCUT2D eigenvalue weighted by Gasteiger charge is -2.10. The van der Waals surface area contributed by atoms with Crippen LogP contribution in [-0.4, -0.2) is 30.5 Å². The van der Waals surface area contributed by atoms with Crippen LogP contribution in [0.2, 0.25) is 0 Å². The molecule has 8 heteroatoms. The molecule has 2 aromatic carbocycles. The highest BCUT2D eigenvalue weighted by Gasteiger charge is 2.17. The van der Waals surface area contributed by atoms with Crippen LogP contribution in [0.4, 0.5) is 17.1 Å². The second kappa shape index (κ2) is 8.11. The van der Waals surface area contributed by atoms with Gasteiger partial charge in [-0.15, -0.1) is 0 Å². The first kappa shape index (κ1) is 18.9. The van der Waals surface area contributed by atoms with Gasteiger partial charge in [-0.2, -0.15) is 0 Å². The van der Waals surface area contributed by atoms with E-state index in [1.54, 1.807) is 37.3 Å². The second-order valence-electron chi connectivity index (χ2n) is 5.68. The van der Waals surface area contributed by atoms with E-state index in [2.05, 4.69) is 15.4 Å². The molecule has 0 radical (unpaired) electrons. The maximum absolute atomic E-state index is 12.1. The number of ether oxygens (including phenoxy) is 1. The molecule has 0 aliphatic rings. The largest absolute Gasteiger partial charge is 0.465 e. The van der Waals surface area contributed by atoms with Gasteiger partial charge in [-0.3, -0.25) is 14.9 Å². The molecule has 0 aliphatic heterocycles. The molecule has 136 valence electrons. The minimum atomic E-state index is -0.527. The number of esters is 1. The molecule has 0 aliphatic carbocycles. The summed E-state index contributed by atoms with van der Waals surface area (Å²) >= 11 is 0. The van der Waals surface area contributed by atoms with Crippen molar-refractivity contribution in [3.05, 3.63) is 63.2 Å². The highest BCUT2D eigenvalue weighted by molar-refractivity contribution is 5.96. The third-order valence-electron chi connectivity index (χ3n) is 3.84. The lowest BCUT2D eigenvalue weighted by Crippen LogP contribution is -2.22. The molecule has 0 fully saturated rings. The first-order chi connectivity index (χ1) is 12.3. The van der Waals surface area contributed by atoms with Gasteiger partial charge >= 0.3 is 5.97 Å². The number of carbonyl (C=O) groups excluding carboxylic acids is 2. The van der Waals surface area contributed by atoms with Crippen molar-refractivity contribution in [2.75, 3.05) is 24.3 Å². The van der Waals surface area contributed by atoms with Crippen LogP contribution in [0, 0.1) is 24.0 Å². The molecule has 2 N–H and O–H groups in total. The van der Waals surface area contributed by atoms with E-state index in [0.29, 0.717) is 11.3 Å². The molecule has 0 spiro atoms. The fourth-order valence-corrected chi connectivity index (χ4v) is 2.27. The minimum Gasteiger partial charge on any atom is -0.465 e. The molecular formula is C18H19N3O5. The van der Waals surface area contributed by atoms with E-state index in [1.165, 1.54) is 13.2 Å². The number of nitro benzene ring substituents is 1. The van der Waals surface area contributed by atoms with Crippen LogP contribution in [0.1, 0.15) is 21.5 Å². The number of nitro groups is 1. The molecule has 26 heavy (non-hydrogen) atoms. The number of benzene rings is 2. The standard InChI is InChI=1S/C18H19N3O5/c1-11-8-15(16(21(24)25)9-12(11)2)20-17(22)10-19-14-6-4-13(5-7-14)18(23)26-3/h4-9,19H,10H2,1-3H3,(H,20,22). The van der Waals surface area contributed by atoms with Gasteiger partial charge in [0.25, 0.3) is 5.69 Å². The van der Waals surface area contributed by atoms with Crippen LogP contribution in [0.5, 0.6) is 0 Å². The van der Waals surface area contributed by atoms with Crippen LogP contribution >= 0.6 is 0 Å². The zero-order valence-electron chi connectivity index (χ0n) is 14.7. The van der Waals surface area contributed by atoms with Gasteiger partial charge < -0.3 is 15.4 Å². The Morgan fingerprint density at radius 3 is 2.31 bits per heavy atom. The average Bonchev–Trinajstić information content (AvgIpc) is 2.62. The Kier molecular flexibility index (Phi) is 5.90. The van der Waals surface area contributed by atoms with E-state index in [4.69, 9.17) is 0 Å². The maximum atomic E-state index is 12.1. The topological polar surface area (TPSA) is 111 Å². The molecule has 0 unspecified atom stereocenters. The number of rotatable bonds is 6. The average molecular weight is 357 g/mol. The summed E-state index contributed by atoms with van der Waals surface area (Å²) in [6, 6.07) is 9.43. The van der Waals surface area contributed by atoms with Gasteiger partial charge in [0.15, 0.2) is 0 Å². The summed E-state index contributed by atoms with van der Waals surface area (Å²) < 4.78 is 4.61. The van der Waals surface area contributed by atoms with Crippen molar-refractivity contribution < 1.29 is 19.2 Å². The quantitative estimate of drug-likeness (QED) is 0.467. The van der Waals surface area contributed by atoms with Gasteiger partial charge in [0.1, 0.15) is 5.69 Å². The summed E-state index contributed by atoms with van der Waals surface area (Å²) in [5.74, 6) is -0.871. The maximum Gasteiger partial charge on any atom is 0.337 e. The third kappa shape index (κ3) is 4.56. The summed E-state index contributed by atoms with van der Waals surface area (Å²) in [4.78, 5) is 34.1. The normalized spacial score (nSPS) is 10.1. The number of carbonyl (C=O) groups is 2. The highest BCUT2D eigenvalue weighted by Crippen LogP contribution is 2.27. The van der Waals surface area contributed by atoms with Gasteiger partial charge in [0, 0.05) is 11.8 Å². The SMILES string of the molecule is COC(=O)c1ccc(NCC(=O)Nc2cc(C)c(C)cc2[N+](=O)[O-])cc1. The molecule has 0 saturated heterocycles.